The molecule has 0 aromatic heterocycles. The Bertz CT molecular complexity index is 4480. The number of unbranched alkanes of at least 4 members (excludes halogenated alkanes) is 5. The molecule has 6 fully saturated rings. The maximum atomic E-state index is 15.4. The third-order valence-electron chi connectivity index (χ3n) is 25.8. The van der Waals surface area contributed by atoms with Crippen LogP contribution in [0.2, 0.25) is 0 Å². The summed E-state index contributed by atoms with van der Waals surface area (Å²) in [5, 5.41) is 44.0. The van der Waals surface area contributed by atoms with Crippen LogP contribution in [0.3, 0.4) is 0 Å². The van der Waals surface area contributed by atoms with Gasteiger partial charge in [0, 0.05) is 111 Å². The highest BCUT2D eigenvalue weighted by Crippen LogP contribution is 2.46. The van der Waals surface area contributed by atoms with Crippen LogP contribution in [-0.4, -0.2) is 223 Å². The normalized spacial score (nSPS) is 22.5. The predicted molar refractivity (Wildman–Crippen MR) is 478 cm³/mol. The van der Waals surface area contributed by atoms with Gasteiger partial charge in [0.2, 0.25) is 41.4 Å². The molecule has 4 saturated carbocycles. The van der Waals surface area contributed by atoms with Gasteiger partial charge in [-0.1, -0.05) is 134 Å². The van der Waals surface area contributed by atoms with Crippen molar-refractivity contribution in [1.29, 1.82) is 0 Å². The molecule has 128 heavy (non-hydrogen) atoms. The van der Waals surface area contributed by atoms with Gasteiger partial charge in [0.1, 0.15) is 11.8 Å². The number of rotatable bonds is 55. The Balaban J connectivity index is 0.781. The quantitative estimate of drug-likeness (QED) is 0.0243. The number of aliphatic hydroxyl groups is 1. The van der Waals surface area contributed by atoms with Crippen LogP contribution in [0.1, 0.15) is 208 Å². The van der Waals surface area contributed by atoms with Gasteiger partial charge in [-0.2, -0.15) is 0 Å². The molecule has 32 nitrogen and oxygen atoms in total. The van der Waals surface area contributed by atoms with Crippen molar-refractivity contribution < 1.29 is 82.1 Å². The Labute approximate surface area is 747 Å². The molecular weight excluding hydrogens is 1640 g/mol. The van der Waals surface area contributed by atoms with Crippen molar-refractivity contribution in [3.63, 3.8) is 0 Å². The number of carbonyl (C=O) groups is 14. The lowest BCUT2D eigenvalue weighted by Crippen LogP contribution is -2.48. The number of ketones is 3. The molecule has 4 aliphatic carbocycles. The molecule has 5 aromatic carbocycles. The zero-order valence-corrected chi connectivity index (χ0v) is 73.0. The summed E-state index contributed by atoms with van der Waals surface area (Å²) in [6, 6.07) is 38.5. The van der Waals surface area contributed by atoms with E-state index in [1.165, 1.54) is 28.0 Å². The minimum Gasteiger partial charge on any atom is -0.483 e. The Morgan fingerprint density at radius 2 is 0.719 bits per heavy atom. The molecule has 0 spiro atoms. The summed E-state index contributed by atoms with van der Waals surface area (Å²) in [7, 11) is 0. The van der Waals surface area contributed by atoms with Gasteiger partial charge >= 0.3 is 5.97 Å². The topological polar surface area (TPSA) is 521 Å². The van der Waals surface area contributed by atoms with Crippen LogP contribution < -0.4 is 75.9 Å². The van der Waals surface area contributed by atoms with Crippen molar-refractivity contribution in [2.75, 3.05) is 78.7 Å². The van der Waals surface area contributed by atoms with E-state index in [0.29, 0.717) is 103 Å². The van der Waals surface area contributed by atoms with E-state index in [1.54, 1.807) is 0 Å². The molecule has 32 heteroatoms. The molecule has 2 saturated heterocycles. The van der Waals surface area contributed by atoms with Gasteiger partial charge in [-0.15, -0.1) is 0 Å². The predicted octanol–water partition coefficient (Wildman–Crippen LogP) is 4.15. The summed E-state index contributed by atoms with van der Waals surface area (Å²) in [6.45, 7) is -1.83. The summed E-state index contributed by atoms with van der Waals surface area (Å²) in [5.74, 6) is -16.7. The molecule has 11 rings (SSSR count). The highest BCUT2D eigenvalue weighted by atomic mass is 16.5. The Morgan fingerprint density at radius 1 is 0.391 bits per heavy atom. The molecule has 10 amide bonds. The number of aliphatic hydroxyl groups excluding tert-OH is 1. The summed E-state index contributed by atoms with van der Waals surface area (Å²) in [4.78, 5) is 204. The second-order valence-electron chi connectivity index (χ2n) is 35.4. The fourth-order valence-corrected chi connectivity index (χ4v) is 17.9. The number of hydrogen-bond donors (Lipinski definition) is 15. The zero-order valence-electron chi connectivity index (χ0n) is 73.0. The van der Waals surface area contributed by atoms with Crippen molar-refractivity contribution in [3.05, 3.63) is 173 Å². The minimum absolute atomic E-state index is 0.0405. The van der Waals surface area contributed by atoms with E-state index < -0.39 is 175 Å². The van der Waals surface area contributed by atoms with Crippen molar-refractivity contribution in [2.24, 2.45) is 70.1 Å². The number of ether oxygens (including phenoxy) is 1. The number of carboxylic acid groups (broad SMARTS) is 1. The molecule has 2 heterocycles. The molecule has 690 valence electrons. The van der Waals surface area contributed by atoms with Crippen molar-refractivity contribution in [2.45, 2.75) is 207 Å². The van der Waals surface area contributed by atoms with Crippen LogP contribution in [0.25, 0.3) is 0 Å². The van der Waals surface area contributed by atoms with Gasteiger partial charge < -0.3 is 96.0 Å². The van der Waals surface area contributed by atoms with Crippen LogP contribution in [0.5, 0.6) is 5.75 Å². The number of carbonyl (C=O) groups excluding carboxylic acids is 13. The molecule has 0 unspecified atom stereocenters. The number of likely N-dealkylation sites (tertiary alicyclic amines) is 2. The first-order valence-electron chi connectivity index (χ1n) is 45.8. The Hall–Kier alpha value is -11.2. The lowest BCUT2D eigenvalue weighted by molar-refractivity contribution is -0.143. The van der Waals surface area contributed by atoms with E-state index in [4.69, 9.17) is 33.4 Å². The molecular formula is C96H129N15O17. The van der Waals surface area contributed by atoms with Gasteiger partial charge in [-0.3, -0.25) is 62.3 Å². The lowest BCUT2D eigenvalue weighted by Gasteiger charge is -2.26. The van der Waals surface area contributed by atoms with Crippen LogP contribution in [0.4, 0.5) is 0 Å². The average Bonchev–Trinajstić information content (AvgIpc) is 1.62. The molecule has 2 aliphatic heterocycles. The van der Waals surface area contributed by atoms with Gasteiger partial charge in [0.15, 0.2) is 24.0 Å². The maximum Gasteiger partial charge on any atom is 0.326 e. The van der Waals surface area contributed by atoms with E-state index in [2.05, 4.69) is 42.5 Å². The third kappa shape index (κ3) is 27.9. The second kappa shape index (κ2) is 48.3. The van der Waals surface area contributed by atoms with E-state index in [-0.39, 0.29) is 149 Å². The maximum absolute atomic E-state index is 15.4. The fraction of sp³-hybridized carbons (Fsp3) is 0.542. The molecule has 0 radical (unpaired) electrons. The number of carboxylic acids is 1. The van der Waals surface area contributed by atoms with Crippen LogP contribution >= 0.6 is 0 Å². The van der Waals surface area contributed by atoms with Gasteiger partial charge in [0.05, 0.1) is 60.4 Å². The van der Waals surface area contributed by atoms with Gasteiger partial charge in [-0.25, -0.2) is 4.79 Å². The summed E-state index contributed by atoms with van der Waals surface area (Å²) in [6.07, 6.45) is 6.38. The first-order valence-corrected chi connectivity index (χ1v) is 45.8. The van der Waals surface area contributed by atoms with Crippen LogP contribution in [-0.2, 0) is 57.5 Å². The highest BCUT2D eigenvalue weighted by Gasteiger charge is 2.52. The smallest absolute Gasteiger partial charge is 0.326 e. The van der Waals surface area contributed by atoms with Gasteiger partial charge in [-0.05, 0) is 182 Å². The largest absolute Gasteiger partial charge is 0.483 e. The zero-order chi connectivity index (χ0) is 91.3. The number of hydrogen-bond acceptors (Lipinski definition) is 21. The standard InChI is InChI=1S/C96H129N15O17/c97-38-18-13-31-62(87(117)103-76(33-15-20-40-99)83(114)45-63(32-14-19-39-98)88(118)105-78(96(126)127)35-17-22-42-101)44-84(115)77(34-16-21-41-100)104-89(119)65(56-112)43-66(113)51-102-86(116)57-128-85-46-64(94(124)110-52-72(90(120)106-79-47-68(79)58-23-5-1-6-24-58)73(53-110)91(121)107-80-48-69(80)59-25-7-2-8-26-59)36-37-67(85)95(125)111-54-74(92(122)108-81-49-70(81)60-27-9-3-10-28-60)75(55-111)93(123)109-82-50-71(82)61-29-11-4-12-30-61/h1-12,23-30,36-37,46,62-63,65,68-82,112H,13-22,31-35,38-45,47-57,97-101H2,(H,102,116)(H,103,117)(H,104,119)(H,105,118)(H,106,120)(H,107,121)(H,108,122)(H,109,123)(H,126,127)/t62-,63-,65+,68-,69-,70-,71-,72-,73-,74-,75-,76+,77+,78+,79+,80+,81+,82+/m1/s1. The van der Waals surface area contributed by atoms with E-state index in [9.17, 15) is 67.7 Å². The number of nitrogens with one attached hydrogen (secondary N) is 8. The Morgan fingerprint density at radius 3 is 1.06 bits per heavy atom. The molecule has 5 aromatic rings. The van der Waals surface area contributed by atoms with Crippen molar-refractivity contribution in [1.82, 2.24) is 52.3 Å². The highest BCUT2D eigenvalue weighted by molar-refractivity contribution is 6.03. The van der Waals surface area contributed by atoms with E-state index in [1.807, 2.05) is 121 Å². The van der Waals surface area contributed by atoms with Crippen LogP contribution in [0, 0.1) is 41.4 Å². The van der Waals surface area contributed by atoms with Crippen molar-refractivity contribution >= 4 is 82.4 Å². The second-order valence-corrected chi connectivity index (χ2v) is 35.4. The lowest BCUT2D eigenvalue weighted by atomic mass is 9.88. The average molecular weight is 1770 g/mol. The Kier molecular flexibility index (Phi) is 36.8. The molecule has 0 bridgehead atoms. The number of aliphatic carboxylic acids is 1. The van der Waals surface area contributed by atoms with E-state index in [0.717, 1.165) is 22.3 Å². The van der Waals surface area contributed by atoms with Gasteiger partial charge in [0.25, 0.3) is 17.7 Å². The number of nitrogens with two attached hydrogens (primary N) is 5. The number of benzene rings is 5. The number of nitrogens with zero attached hydrogens (tertiary/aromatic N) is 2. The molecule has 18 atom stereocenters. The third-order valence-corrected chi connectivity index (χ3v) is 25.8. The van der Waals surface area contributed by atoms with Crippen molar-refractivity contribution in [3.8, 4) is 5.75 Å². The van der Waals surface area contributed by atoms with E-state index >= 15 is 9.59 Å². The first-order chi connectivity index (χ1) is 61.9. The summed E-state index contributed by atoms with van der Waals surface area (Å²) in [5.41, 5.74) is 33.0. The fourth-order valence-electron chi connectivity index (χ4n) is 17.9. The molecule has 6 aliphatic rings. The molecule has 20 N–H and O–H groups in total. The number of amides is 10. The first kappa shape index (κ1) is 97.5. The number of Topliss-reactive ketones (excluding diaryl/α,β-unsaturated/α-hetero) is 3. The summed E-state index contributed by atoms with van der Waals surface area (Å²) < 4.78 is 6.23. The monoisotopic (exact) mass is 1760 g/mol. The SMILES string of the molecule is NCCCC[C@H](CC(=O)[C@H](CCCCN)NC(=O)[C@H](CCCCN)CC(=O)[C@H](CCCCN)NC(=O)[C@H](CO)CC(=O)CNC(=O)COc1cc(C(=O)N2C[C@@H](C(=O)N[C@H]3C[C@@H]3c3ccccc3)[C@H](C(=O)N[C@H]3C[C@@H]3c3ccccc3)C2)ccc1C(=O)N1C[C@@H](C(=O)N[C@H]2C[C@@H]2c2ccccc2)[C@H](C(=O)N[C@H]2C[C@@H]2c2ccccc2)C1)C(=O)N[C@@H](CCCCN)C(=O)O. The minimum atomic E-state index is -1.47. The van der Waals surface area contributed by atoms with Crippen LogP contribution in [0.15, 0.2) is 140 Å². The summed E-state index contributed by atoms with van der Waals surface area (Å²) >= 11 is 0.